The average molecular weight is 192 g/mol. The van der Waals surface area contributed by atoms with Gasteiger partial charge in [-0.2, -0.15) is 0 Å². The standard InChI is InChI=1S/C11H12O3/c1-7-3-4-9(5-8(7)2)6-10(12)11(13)14/h3-6,12H,1-2H3,(H,13,14)/b10-6-. The zero-order valence-corrected chi connectivity index (χ0v) is 8.11. The van der Waals surface area contributed by atoms with Gasteiger partial charge in [-0.3, -0.25) is 0 Å². The van der Waals surface area contributed by atoms with Crippen LogP contribution < -0.4 is 0 Å². The molecule has 0 aliphatic carbocycles. The van der Waals surface area contributed by atoms with Crippen molar-refractivity contribution in [3.63, 3.8) is 0 Å². The van der Waals surface area contributed by atoms with E-state index in [4.69, 9.17) is 10.2 Å². The Labute approximate surface area is 82.3 Å². The van der Waals surface area contributed by atoms with Gasteiger partial charge < -0.3 is 10.2 Å². The van der Waals surface area contributed by atoms with Crippen LogP contribution in [0.3, 0.4) is 0 Å². The number of aliphatic hydroxyl groups is 1. The molecule has 1 aromatic carbocycles. The number of aliphatic hydroxyl groups excluding tert-OH is 1. The van der Waals surface area contributed by atoms with Crippen molar-refractivity contribution in [1.29, 1.82) is 0 Å². The maximum absolute atomic E-state index is 10.3. The summed E-state index contributed by atoms with van der Waals surface area (Å²) in [6.07, 6.45) is 1.23. The molecular formula is C11H12O3. The highest BCUT2D eigenvalue weighted by Crippen LogP contribution is 2.12. The van der Waals surface area contributed by atoms with Crippen LogP contribution in [0.5, 0.6) is 0 Å². The molecule has 0 aliphatic rings. The second-order valence-electron chi connectivity index (χ2n) is 3.18. The average Bonchev–Trinajstić information content (AvgIpc) is 2.11. The van der Waals surface area contributed by atoms with Gasteiger partial charge in [0.05, 0.1) is 0 Å². The highest BCUT2D eigenvalue weighted by atomic mass is 16.4. The normalized spacial score (nSPS) is 11.4. The molecule has 0 unspecified atom stereocenters. The van der Waals surface area contributed by atoms with Crippen LogP contribution >= 0.6 is 0 Å². The quantitative estimate of drug-likeness (QED) is 0.558. The van der Waals surface area contributed by atoms with Gasteiger partial charge in [0.1, 0.15) is 0 Å². The molecule has 0 atom stereocenters. The minimum Gasteiger partial charge on any atom is -0.502 e. The molecule has 0 saturated carbocycles. The first-order valence-corrected chi connectivity index (χ1v) is 4.22. The Morgan fingerprint density at radius 1 is 1.21 bits per heavy atom. The maximum atomic E-state index is 10.3. The molecule has 0 amide bonds. The molecule has 0 fully saturated rings. The number of carboxylic acid groups (broad SMARTS) is 1. The van der Waals surface area contributed by atoms with E-state index >= 15 is 0 Å². The monoisotopic (exact) mass is 192 g/mol. The number of aliphatic carboxylic acids is 1. The van der Waals surface area contributed by atoms with Crippen molar-refractivity contribution in [3.05, 3.63) is 40.6 Å². The van der Waals surface area contributed by atoms with E-state index in [2.05, 4.69) is 0 Å². The summed E-state index contributed by atoms with van der Waals surface area (Å²) < 4.78 is 0. The Kier molecular flexibility index (Phi) is 2.92. The van der Waals surface area contributed by atoms with Crippen LogP contribution in [0.1, 0.15) is 16.7 Å². The lowest BCUT2D eigenvalue weighted by Gasteiger charge is -2.00. The van der Waals surface area contributed by atoms with Crippen molar-refractivity contribution in [3.8, 4) is 0 Å². The number of carboxylic acids is 1. The van der Waals surface area contributed by atoms with Gasteiger partial charge in [-0.05, 0) is 36.6 Å². The number of aryl methyl sites for hydroxylation is 2. The number of benzene rings is 1. The smallest absolute Gasteiger partial charge is 0.370 e. The lowest BCUT2D eigenvalue weighted by atomic mass is 10.1. The third kappa shape index (κ3) is 2.36. The molecular weight excluding hydrogens is 180 g/mol. The maximum Gasteiger partial charge on any atom is 0.370 e. The molecule has 0 spiro atoms. The van der Waals surface area contributed by atoms with Crippen LogP contribution in [0.25, 0.3) is 6.08 Å². The molecule has 0 radical (unpaired) electrons. The van der Waals surface area contributed by atoms with Crippen LogP contribution in [0.15, 0.2) is 24.0 Å². The molecule has 1 rings (SSSR count). The molecule has 0 heterocycles. The van der Waals surface area contributed by atoms with Crippen LogP contribution in [0.2, 0.25) is 0 Å². The SMILES string of the molecule is Cc1ccc(/C=C(\O)C(=O)O)cc1C. The second kappa shape index (κ2) is 3.96. The Bertz CT molecular complexity index is 392. The molecule has 3 heteroatoms. The second-order valence-corrected chi connectivity index (χ2v) is 3.18. The largest absolute Gasteiger partial charge is 0.502 e. The van der Waals surface area contributed by atoms with Crippen LogP contribution in [0, 0.1) is 13.8 Å². The molecule has 3 nitrogen and oxygen atoms in total. The Morgan fingerprint density at radius 2 is 1.86 bits per heavy atom. The molecule has 0 aliphatic heterocycles. The minimum absolute atomic E-state index is 0.645. The summed E-state index contributed by atoms with van der Waals surface area (Å²) in [6, 6.07) is 5.48. The van der Waals surface area contributed by atoms with Gasteiger partial charge in [0.2, 0.25) is 5.76 Å². The summed E-state index contributed by atoms with van der Waals surface area (Å²) in [4.78, 5) is 10.3. The van der Waals surface area contributed by atoms with E-state index in [0.29, 0.717) is 5.56 Å². The predicted octanol–water partition coefficient (Wildman–Crippen LogP) is 2.29. The Hall–Kier alpha value is -1.77. The summed E-state index contributed by atoms with van der Waals surface area (Å²) in [5, 5.41) is 17.5. The van der Waals surface area contributed by atoms with Gasteiger partial charge in [0.15, 0.2) is 0 Å². The van der Waals surface area contributed by atoms with Gasteiger partial charge in [-0.25, -0.2) is 4.79 Å². The van der Waals surface area contributed by atoms with Gasteiger partial charge in [0.25, 0.3) is 0 Å². The fourth-order valence-corrected chi connectivity index (χ4v) is 1.07. The summed E-state index contributed by atoms with van der Waals surface area (Å²) in [5.41, 5.74) is 2.89. The Morgan fingerprint density at radius 3 is 2.36 bits per heavy atom. The number of rotatable bonds is 2. The first-order chi connectivity index (χ1) is 6.50. The first kappa shape index (κ1) is 10.3. The zero-order valence-electron chi connectivity index (χ0n) is 8.11. The van der Waals surface area contributed by atoms with Gasteiger partial charge in [0, 0.05) is 0 Å². The molecule has 2 N–H and O–H groups in total. The first-order valence-electron chi connectivity index (χ1n) is 4.22. The summed E-state index contributed by atoms with van der Waals surface area (Å²) in [6.45, 7) is 3.91. The highest BCUT2D eigenvalue weighted by molar-refractivity contribution is 5.89. The van der Waals surface area contributed by atoms with Crippen molar-refractivity contribution < 1.29 is 15.0 Å². The fraction of sp³-hybridized carbons (Fsp3) is 0.182. The van der Waals surface area contributed by atoms with Gasteiger partial charge >= 0.3 is 5.97 Å². The van der Waals surface area contributed by atoms with E-state index in [1.807, 2.05) is 26.0 Å². The molecule has 1 aromatic rings. The zero-order chi connectivity index (χ0) is 10.7. The van der Waals surface area contributed by atoms with Crippen molar-refractivity contribution in [2.45, 2.75) is 13.8 Å². The summed E-state index contributed by atoms with van der Waals surface area (Å²) in [7, 11) is 0. The molecule has 0 saturated heterocycles. The van der Waals surface area contributed by atoms with Gasteiger partial charge in [-0.15, -0.1) is 0 Å². The van der Waals surface area contributed by atoms with Crippen molar-refractivity contribution >= 4 is 12.0 Å². The van der Waals surface area contributed by atoms with E-state index in [1.165, 1.54) is 6.08 Å². The third-order valence-corrected chi connectivity index (χ3v) is 2.05. The lowest BCUT2D eigenvalue weighted by molar-refractivity contribution is -0.135. The van der Waals surface area contributed by atoms with E-state index < -0.39 is 11.7 Å². The molecule has 0 bridgehead atoms. The summed E-state index contributed by atoms with van der Waals surface area (Å²) >= 11 is 0. The number of hydrogen-bond acceptors (Lipinski definition) is 2. The molecule has 74 valence electrons. The number of carbonyl (C=O) groups is 1. The van der Waals surface area contributed by atoms with Crippen LogP contribution in [0.4, 0.5) is 0 Å². The third-order valence-electron chi connectivity index (χ3n) is 2.05. The molecule has 14 heavy (non-hydrogen) atoms. The summed E-state index contributed by atoms with van der Waals surface area (Å²) in [5.74, 6) is -1.96. The minimum atomic E-state index is -1.32. The highest BCUT2D eigenvalue weighted by Gasteiger charge is 2.03. The van der Waals surface area contributed by atoms with Crippen molar-refractivity contribution in [1.82, 2.24) is 0 Å². The lowest BCUT2D eigenvalue weighted by Crippen LogP contribution is -1.98. The predicted molar refractivity (Wildman–Crippen MR) is 54.2 cm³/mol. The van der Waals surface area contributed by atoms with Gasteiger partial charge in [-0.1, -0.05) is 18.2 Å². The van der Waals surface area contributed by atoms with E-state index in [-0.39, 0.29) is 0 Å². The van der Waals surface area contributed by atoms with Crippen molar-refractivity contribution in [2.75, 3.05) is 0 Å². The fourth-order valence-electron chi connectivity index (χ4n) is 1.07. The topological polar surface area (TPSA) is 57.5 Å². The van der Waals surface area contributed by atoms with Crippen LogP contribution in [-0.2, 0) is 4.79 Å². The van der Waals surface area contributed by atoms with Crippen molar-refractivity contribution in [2.24, 2.45) is 0 Å². The van der Waals surface area contributed by atoms with E-state index in [0.717, 1.165) is 11.1 Å². The Balaban J connectivity index is 3.04. The van der Waals surface area contributed by atoms with E-state index in [9.17, 15) is 4.79 Å². The molecule has 0 aromatic heterocycles. The van der Waals surface area contributed by atoms with E-state index in [1.54, 1.807) is 6.07 Å². The van der Waals surface area contributed by atoms with Crippen LogP contribution in [-0.4, -0.2) is 16.2 Å². The number of hydrogen-bond donors (Lipinski definition) is 2.